The van der Waals surface area contributed by atoms with Crippen LogP contribution in [0.15, 0.2) is 86.5 Å². The van der Waals surface area contributed by atoms with Gasteiger partial charge >= 0.3 is 0 Å². The first-order valence-electron chi connectivity index (χ1n) is 8.43. The Morgan fingerprint density at radius 3 is 2.72 bits per heavy atom. The van der Waals surface area contributed by atoms with Crippen molar-refractivity contribution in [3.8, 4) is 11.4 Å². The fraction of sp³-hybridized carbons (Fsp3) is 0. The van der Waals surface area contributed by atoms with E-state index in [1.165, 1.54) is 30.1 Å². The molecule has 4 rings (SSSR count). The molecule has 2 N–H and O–H groups in total. The average molecular weight is 406 g/mol. The number of carbonyl (C=O) groups is 1. The first-order valence-corrected chi connectivity index (χ1v) is 9.25. The number of hydrogen-bond acceptors (Lipinski definition) is 8. The summed E-state index contributed by atoms with van der Waals surface area (Å²) in [5, 5.41) is 26.4. The van der Waals surface area contributed by atoms with Crippen molar-refractivity contribution in [3.05, 3.63) is 78.1 Å². The summed E-state index contributed by atoms with van der Waals surface area (Å²) in [7, 11) is 0. The van der Waals surface area contributed by atoms with E-state index in [4.69, 9.17) is 4.42 Å². The normalized spacial score (nSPS) is 11.0. The van der Waals surface area contributed by atoms with E-state index in [1.807, 2.05) is 30.3 Å². The Hall–Kier alpha value is -3.92. The second kappa shape index (κ2) is 8.40. The van der Waals surface area contributed by atoms with Crippen LogP contribution < -0.4 is 5.43 Å². The van der Waals surface area contributed by atoms with Gasteiger partial charge in [0.15, 0.2) is 5.09 Å². The molecule has 2 heterocycles. The molecule has 10 heteroatoms. The monoisotopic (exact) mass is 406 g/mol. The minimum atomic E-state index is -0.525. The molecular weight excluding hydrogens is 392 g/mol. The van der Waals surface area contributed by atoms with Crippen molar-refractivity contribution < 1.29 is 14.3 Å². The van der Waals surface area contributed by atoms with Gasteiger partial charge in [0.05, 0.1) is 17.5 Å². The third-order valence-electron chi connectivity index (χ3n) is 3.74. The molecule has 144 valence electrons. The summed E-state index contributed by atoms with van der Waals surface area (Å²) >= 11 is 1.25. The van der Waals surface area contributed by atoms with Gasteiger partial charge in [-0.1, -0.05) is 30.3 Å². The molecular formula is C19H14N6O3S. The van der Waals surface area contributed by atoms with Crippen LogP contribution in [0.4, 0.5) is 0 Å². The lowest BCUT2D eigenvalue weighted by Crippen LogP contribution is -2.17. The number of benzene rings is 2. The highest BCUT2D eigenvalue weighted by Gasteiger charge is 2.12. The Kier molecular flexibility index (Phi) is 5.34. The number of hydrazone groups is 1. The van der Waals surface area contributed by atoms with Gasteiger partial charge in [0.25, 0.3) is 5.91 Å². The Bertz CT molecular complexity index is 1160. The number of tetrazole rings is 1. The number of carbonyl (C=O) groups excluding carboxylic acids is 1. The summed E-state index contributed by atoms with van der Waals surface area (Å²) in [5.41, 5.74) is 3.31. The number of furan rings is 1. The Labute approximate surface area is 169 Å². The first kappa shape index (κ1) is 18.4. The molecule has 0 aliphatic carbocycles. The average Bonchev–Trinajstić information content (AvgIpc) is 3.39. The van der Waals surface area contributed by atoms with Gasteiger partial charge in [-0.15, -0.1) is 5.10 Å². The van der Waals surface area contributed by atoms with Crippen LogP contribution in [-0.2, 0) is 0 Å². The first-order chi connectivity index (χ1) is 14.2. The molecule has 0 atom stereocenters. The molecule has 29 heavy (non-hydrogen) atoms. The van der Waals surface area contributed by atoms with Gasteiger partial charge in [-0.3, -0.25) is 4.79 Å². The zero-order valence-electron chi connectivity index (χ0n) is 14.8. The molecule has 1 amide bonds. The highest BCUT2D eigenvalue weighted by Crippen LogP contribution is 2.28. The zero-order chi connectivity index (χ0) is 20.1. The molecule has 0 radical (unpaired) electrons. The Morgan fingerprint density at radius 2 is 1.90 bits per heavy atom. The molecule has 0 saturated carbocycles. The third-order valence-corrected chi connectivity index (χ3v) is 4.60. The van der Waals surface area contributed by atoms with E-state index in [0.29, 0.717) is 16.0 Å². The van der Waals surface area contributed by atoms with Crippen molar-refractivity contribution in [2.45, 2.75) is 10.2 Å². The Morgan fingerprint density at radius 1 is 1.10 bits per heavy atom. The molecule has 2 aromatic carbocycles. The van der Waals surface area contributed by atoms with E-state index < -0.39 is 5.91 Å². The number of aromatic hydroxyl groups is 1. The van der Waals surface area contributed by atoms with E-state index >= 15 is 0 Å². The van der Waals surface area contributed by atoms with Crippen molar-refractivity contribution in [2.75, 3.05) is 0 Å². The summed E-state index contributed by atoms with van der Waals surface area (Å²) < 4.78 is 7.27. The number of aromatic nitrogens is 4. The fourth-order valence-electron chi connectivity index (χ4n) is 2.40. The van der Waals surface area contributed by atoms with Gasteiger partial charge in [0.2, 0.25) is 5.16 Å². The lowest BCUT2D eigenvalue weighted by molar-refractivity contribution is 0.0952. The van der Waals surface area contributed by atoms with E-state index in [2.05, 4.69) is 26.1 Å². The molecule has 0 aliphatic heterocycles. The maximum absolute atomic E-state index is 12.0. The summed E-state index contributed by atoms with van der Waals surface area (Å²) in [6, 6.07) is 19.2. The molecule has 4 aromatic rings. The SMILES string of the molecule is O=C(N/N=C/c1ccc(Sc2nnnn2-c2ccccc2)o1)c1ccccc1O. The van der Waals surface area contributed by atoms with Crippen molar-refractivity contribution in [2.24, 2.45) is 5.10 Å². The molecule has 0 aliphatic rings. The van der Waals surface area contributed by atoms with Crippen LogP contribution in [0.1, 0.15) is 16.1 Å². The molecule has 0 spiro atoms. The van der Waals surface area contributed by atoms with Crippen LogP contribution in [0.5, 0.6) is 5.75 Å². The van der Waals surface area contributed by atoms with Crippen molar-refractivity contribution in [3.63, 3.8) is 0 Å². The summed E-state index contributed by atoms with van der Waals surface area (Å²) in [6.45, 7) is 0. The molecule has 9 nitrogen and oxygen atoms in total. The maximum atomic E-state index is 12.0. The number of nitrogens with one attached hydrogen (secondary N) is 1. The third kappa shape index (κ3) is 4.33. The van der Waals surface area contributed by atoms with Gasteiger partial charge < -0.3 is 9.52 Å². The maximum Gasteiger partial charge on any atom is 0.275 e. The predicted molar refractivity (Wildman–Crippen MR) is 105 cm³/mol. The summed E-state index contributed by atoms with van der Waals surface area (Å²) in [5.74, 6) is -0.209. The van der Waals surface area contributed by atoms with Crippen LogP contribution in [0.25, 0.3) is 5.69 Å². The van der Waals surface area contributed by atoms with Gasteiger partial charge in [-0.25, -0.2) is 5.43 Å². The number of rotatable bonds is 6. The smallest absolute Gasteiger partial charge is 0.275 e. The van der Waals surface area contributed by atoms with E-state index in [-0.39, 0.29) is 11.3 Å². The molecule has 0 saturated heterocycles. The summed E-state index contributed by atoms with van der Waals surface area (Å²) in [6.07, 6.45) is 1.36. The highest BCUT2D eigenvalue weighted by molar-refractivity contribution is 7.99. The van der Waals surface area contributed by atoms with E-state index in [9.17, 15) is 9.90 Å². The molecule has 0 unspecified atom stereocenters. The highest BCUT2D eigenvalue weighted by atomic mass is 32.2. The standard InChI is InChI=1S/C19H14N6O3S/c26-16-9-5-4-8-15(16)18(27)21-20-12-14-10-11-17(28-14)29-19-22-23-24-25(19)13-6-2-1-3-7-13/h1-12,26H,(H,21,27)/b20-12+. The van der Waals surface area contributed by atoms with Crippen LogP contribution >= 0.6 is 11.8 Å². The topological polar surface area (TPSA) is 118 Å². The van der Waals surface area contributed by atoms with Crippen LogP contribution in [0.2, 0.25) is 0 Å². The minimum absolute atomic E-state index is 0.118. The van der Waals surface area contributed by atoms with Crippen LogP contribution in [0, 0.1) is 0 Å². The number of nitrogens with zero attached hydrogens (tertiary/aromatic N) is 5. The number of para-hydroxylation sites is 2. The lowest BCUT2D eigenvalue weighted by Gasteiger charge is -2.02. The molecule has 0 bridgehead atoms. The lowest BCUT2D eigenvalue weighted by atomic mass is 10.2. The van der Waals surface area contributed by atoms with Gasteiger partial charge in [-0.2, -0.15) is 9.78 Å². The number of hydrogen-bond donors (Lipinski definition) is 2. The number of amides is 1. The van der Waals surface area contributed by atoms with Crippen molar-refractivity contribution in [1.82, 2.24) is 25.6 Å². The van der Waals surface area contributed by atoms with E-state index in [0.717, 1.165) is 5.69 Å². The fourth-order valence-corrected chi connectivity index (χ4v) is 3.16. The van der Waals surface area contributed by atoms with Crippen LogP contribution in [0.3, 0.4) is 0 Å². The largest absolute Gasteiger partial charge is 0.507 e. The molecule has 2 aromatic heterocycles. The quantitative estimate of drug-likeness (QED) is 0.373. The molecule has 0 fully saturated rings. The van der Waals surface area contributed by atoms with Gasteiger partial charge in [0.1, 0.15) is 11.5 Å². The number of phenolic OH excluding ortho intramolecular Hbond substituents is 1. The van der Waals surface area contributed by atoms with Gasteiger partial charge in [-0.05, 0) is 58.6 Å². The minimum Gasteiger partial charge on any atom is -0.507 e. The van der Waals surface area contributed by atoms with Gasteiger partial charge in [0, 0.05) is 0 Å². The summed E-state index contributed by atoms with van der Waals surface area (Å²) in [4.78, 5) is 12.0. The van der Waals surface area contributed by atoms with Crippen LogP contribution in [-0.4, -0.2) is 37.4 Å². The van der Waals surface area contributed by atoms with Crippen molar-refractivity contribution in [1.29, 1.82) is 0 Å². The second-order valence-corrected chi connectivity index (χ2v) is 6.66. The predicted octanol–water partition coefficient (Wildman–Crippen LogP) is 2.88. The number of phenols is 1. The van der Waals surface area contributed by atoms with E-state index in [1.54, 1.807) is 28.9 Å². The Balaban J connectivity index is 1.41. The second-order valence-electron chi connectivity index (χ2n) is 5.68. The zero-order valence-corrected chi connectivity index (χ0v) is 15.7. The van der Waals surface area contributed by atoms with Crippen molar-refractivity contribution >= 4 is 23.9 Å².